The summed E-state index contributed by atoms with van der Waals surface area (Å²) in [5, 5.41) is 12.4. The lowest BCUT2D eigenvalue weighted by atomic mass is 9.86. The minimum Gasteiger partial charge on any atom is -0.392 e. The molecule has 3 heteroatoms. The summed E-state index contributed by atoms with van der Waals surface area (Å²) in [6.07, 6.45) is 3.62. The third kappa shape index (κ3) is 1.70. The normalized spacial score (nSPS) is 20.5. The maximum Gasteiger partial charge on any atom is 0.182 e. The van der Waals surface area contributed by atoms with Gasteiger partial charge in [-0.2, -0.15) is 0 Å². The van der Waals surface area contributed by atoms with Crippen LogP contribution in [0.2, 0.25) is 0 Å². The van der Waals surface area contributed by atoms with Gasteiger partial charge >= 0.3 is 0 Å². The molecule has 1 aromatic rings. The number of hydrogen-bond donors (Lipinski definition) is 2. The Balaban J connectivity index is 2.35. The first-order chi connectivity index (χ1) is 6.85. The van der Waals surface area contributed by atoms with Crippen LogP contribution in [-0.2, 0) is 13.0 Å². The maximum atomic E-state index is 9.05. The van der Waals surface area contributed by atoms with Gasteiger partial charge in [-0.3, -0.25) is 0 Å². The highest BCUT2D eigenvalue weighted by atomic mass is 16.3. The second kappa shape index (κ2) is 4.15. The highest BCUT2D eigenvalue weighted by molar-refractivity contribution is 6.04. The van der Waals surface area contributed by atoms with Crippen LogP contribution in [0, 0.1) is 0 Å². The molecule has 2 N–H and O–H groups in total. The van der Waals surface area contributed by atoms with Crippen molar-refractivity contribution < 1.29 is 5.11 Å². The molecule has 0 aliphatic heterocycles. The summed E-state index contributed by atoms with van der Waals surface area (Å²) in [6, 6.07) is 6.82. The molecular formula is C11H16BNO. The quantitative estimate of drug-likeness (QED) is 0.671. The van der Waals surface area contributed by atoms with Crippen LogP contribution in [0.3, 0.4) is 0 Å². The molecule has 0 fully saturated rings. The Morgan fingerprint density at radius 2 is 2.36 bits per heavy atom. The molecule has 1 atom stereocenters. The second-order valence-corrected chi connectivity index (χ2v) is 3.92. The van der Waals surface area contributed by atoms with Crippen LogP contribution in [0.5, 0.6) is 0 Å². The SMILES string of the molecule is BN[C@H]1CCCc2cc(CO)ccc21. The third-order valence-corrected chi connectivity index (χ3v) is 3.05. The number of benzene rings is 1. The zero-order valence-electron chi connectivity index (χ0n) is 8.59. The number of rotatable bonds is 2. The zero-order chi connectivity index (χ0) is 9.97. The summed E-state index contributed by atoms with van der Waals surface area (Å²) in [6.45, 7) is 0.150. The van der Waals surface area contributed by atoms with E-state index in [1.807, 2.05) is 14.0 Å². The average molecular weight is 189 g/mol. The fourth-order valence-corrected chi connectivity index (χ4v) is 2.27. The van der Waals surface area contributed by atoms with E-state index < -0.39 is 0 Å². The van der Waals surface area contributed by atoms with Crippen molar-refractivity contribution in [3.05, 3.63) is 34.9 Å². The Kier molecular flexibility index (Phi) is 2.89. The fraction of sp³-hybridized carbons (Fsp3) is 0.455. The van der Waals surface area contributed by atoms with Crippen molar-refractivity contribution in [2.24, 2.45) is 0 Å². The van der Waals surface area contributed by atoms with E-state index in [9.17, 15) is 0 Å². The van der Waals surface area contributed by atoms with Gasteiger partial charge in [0.2, 0.25) is 0 Å². The second-order valence-electron chi connectivity index (χ2n) is 3.92. The first kappa shape index (κ1) is 9.75. The van der Waals surface area contributed by atoms with Crippen molar-refractivity contribution in [1.82, 2.24) is 5.23 Å². The smallest absolute Gasteiger partial charge is 0.182 e. The van der Waals surface area contributed by atoms with E-state index in [1.54, 1.807) is 0 Å². The van der Waals surface area contributed by atoms with E-state index in [0.29, 0.717) is 6.04 Å². The molecule has 0 aromatic heterocycles. The monoisotopic (exact) mass is 189 g/mol. The van der Waals surface area contributed by atoms with Crippen LogP contribution in [-0.4, -0.2) is 13.1 Å². The molecule has 14 heavy (non-hydrogen) atoms. The summed E-state index contributed by atoms with van der Waals surface area (Å²) in [5.74, 6) is 0. The molecule has 0 unspecified atom stereocenters. The molecule has 0 spiro atoms. The van der Waals surface area contributed by atoms with Crippen LogP contribution in [0.15, 0.2) is 18.2 Å². The Labute approximate surface area is 85.8 Å². The van der Waals surface area contributed by atoms with Crippen molar-refractivity contribution in [2.75, 3.05) is 0 Å². The first-order valence-electron chi connectivity index (χ1n) is 5.25. The van der Waals surface area contributed by atoms with Crippen LogP contribution in [0.25, 0.3) is 0 Å². The number of aliphatic hydroxyl groups excluding tert-OH is 1. The first-order valence-corrected chi connectivity index (χ1v) is 5.25. The van der Waals surface area contributed by atoms with Crippen LogP contribution < -0.4 is 5.23 Å². The van der Waals surface area contributed by atoms with Gasteiger partial charge in [0.25, 0.3) is 0 Å². The van der Waals surface area contributed by atoms with Crippen LogP contribution in [0.4, 0.5) is 0 Å². The lowest BCUT2D eigenvalue weighted by Crippen LogP contribution is -2.22. The lowest BCUT2D eigenvalue weighted by Gasteiger charge is -2.25. The Bertz CT molecular complexity index is 327. The molecule has 1 aliphatic carbocycles. The van der Waals surface area contributed by atoms with Gasteiger partial charge in [0, 0.05) is 6.04 Å². The number of hydrogen-bond acceptors (Lipinski definition) is 2. The van der Waals surface area contributed by atoms with Crippen molar-refractivity contribution in [3.63, 3.8) is 0 Å². The third-order valence-electron chi connectivity index (χ3n) is 3.05. The van der Waals surface area contributed by atoms with E-state index >= 15 is 0 Å². The summed E-state index contributed by atoms with van der Waals surface area (Å²) in [4.78, 5) is 0. The molecule has 1 aliphatic rings. The van der Waals surface area contributed by atoms with Crippen molar-refractivity contribution >= 4 is 7.98 Å². The van der Waals surface area contributed by atoms with Crippen LogP contribution >= 0.6 is 0 Å². The van der Waals surface area contributed by atoms with Gasteiger partial charge in [-0.15, -0.1) is 0 Å². The highest BCUT2D eigenvalue weighted by Gasteiger charge is 2.17. The van der Waals surface area contributed by atoms with Gasteiger partial charge < -0.3 is 10.3 Å². The van der Waals surface area contributed by atoms with Crippen molar-refractivity contribution in [3.8, 4) is 0 Å². The molecule has 1 aromatic carbocycles. The van der Waals surface area contributed by atoms with Gasteiger partial charge in [0.1, 0.15) is 0 Å². The van der Waals surface area contributed by atoms with Crippen molar-refractivity contribution in [2.45, 2.75) is 31.9 Å². The fourth-order valence-electron chi connectivity index (χ4n) is 2.27. The Morgan fingerprint density at radius 1 is 1.50 bits per heavy atom. The number of aryl methyl sites for hydroxylation is 1. The van der Waals surface area contributed by atoms with Crippen molar-refractivity contribution in [1.29, 1.82) is 0 Å². The molecule has 74 valence electrons. The van der Waals surface area contributed by atoms with E-state index in [0.717, 1.165) is 12.0 Å². The average Bonchev–Trinajstić information content (AvgIpc) is 2.27. The zero-order valence-corrected chi connectivity index (χ0v) is 8.59. The maximum absolute atomic E-state index is 9.05. The lowest BCUT2D eigenvalue weighted by molar-refractivity contribution is 0.281. The molecule has 2 rings (SSSR count). The molecular weight excluding hydrogens is 173 g/mol. The molecule has 0 saturated carbocycles. The number of nitrogens with one attached hydrogen (secondary N) is 1. The van der Waals surface area contributed by atoms with E-state index in [-0.39, 0.29) is 6.61 Å². The Morgan fingerprint density at radius 3 is 3.07 bits per heavy atom. The predicted octanol–water partition coefficient (Wildman–Crippen LogP) is 0.694. The summed E-state index contributed by atoms with van der Waals surface area (Å²) in [7, 11) is 2.01. The molecule has 2 nitrogen and oxygen atoms in total. The molecule has 0 amide bonds. The van der Waals surface area contributed by atoms with Gasteiger partial charge in [-0.1, -0.05) is 18.2 Å². The van der Waals surface area contributed by atoms with Crippen LogP contribution in [0.1, 0.15) is 35.6 Å². The molecule has 0 saturated heterocycles. The molecule has 0 bridgehead atoms. The summed E-state index contributed by atoms with van der Waals surface area (Å²) >= 11 is 0. The van der Waals surface area contributed by atoms with Gasteiger partial charge in [-0.05, 0) is 36.0 Å². The Hall–Kier alpha value is -0.795. The minimum atomic E-state index is 0.150. The van der Waals surface area contributed by atoms with Gasteiger partial charge in [0.15, 0.2) is 7.98 Å². The number of aliphatic hydroxyl groups is 1. The van der Waals surface area contributed by atoms with Gasteiger partial charge in [0.05, 0.1) is 6.61 Å². The summed E-state index contributed by atoms with van der Waals surface area (Å²) in [5.41, 5.74) is 3.85. The minimum absolute atomic E-state index is 0.150. The molecule has 0 radical (unpaired) electrons. The topological polar surface area (TPSA) is 32.3 Å². The van der Waals surface area contributed by atoms with E-state index in [1.165, 1.54) is 24.0 Å². The number of fused-ring (bicyclic) bond motifs is 1. The highest BCUT2D eigenvalue weighted by Crippen LogP contribution is 2.29. The molecule has 0 heterocycles. The van der Waals surface area contributed by atoms with E-state index in [4.69, 9.17) is 5.11 Å². The standard InChI is InChI=1S/C11H16BNO/c12-13-11-3-1-2-9-6-8(7-14)4-5-10(9)11/h4-6,11,13-14H,1-3,7,12H2/t11-/m0/s1. The largest absolute Gasteiger partial charge is 0.392 e. The van der Waals surface area contributed by atoms with E-state index in [2.05, 4.69) is 17.4 Å². The summed E-state index contributed by atoms with van der Waals surface area (Å²) < 4.78 is 0. The van der Waals surface area contributed by atoms with Gasteiger partial charge in [-0.25, -0.2) is 0 Å². The predicted molar refractivity (Wildman–Crippen MR) is 59.7 cm³/mol.